The van der Waals surface area contributed by atoms with Crippen molar-refractivity contribution in [3.8, 4) is 11.5 Å². The maximum absolute atomic E-state index is 12.9. The summed E-state index contributed by atoms with van der Waals surface area (Å²) < 4.78 is 10.7. The third kappa shape index (κ3) is 3.30. The first-order valence-electron chi connectivity index (χ1n) is 9.95. The van der Waals surface area contributed by atoms with Gasteiger partial charge in [0.2, 0.25) is 0 Å². The molecule has 0 saturated carbocycles. The van der Waals surface area contributed by atoms with Crippen molar-refractivity contribution < 1.29 is 9.47 Å². The lowest BCUT2D eigenvalue weighted by Gasteiger charge is -2.18. The number of rotatable bonds is 5. The van der Waals surface area contributed by atoms with Crippen LogP contribution in [-0.2, 0) is 0 Å². The van der Waals surface area contributed by atoms with Gasteiger partial charge in [0, 0.05) is 6.07 Å². The number of hydrogen-bond acceptors (Lipinski definition) is 5. The van der Waals surface area contributed by atoms with Crippen molar-refractivity contribution in [2.75, 3.05) is 14.2 Å². The normalized spacial score (nSPS) is 12.6. The summed E-state index contributed by atoms with van der Waals surface area (Å²) in [6.07, 6.45) is 0. The molecule has 2 heterocycles. The molecule has 0 bridgehead atoms. The molecular formula is C23H26N4O3. The van der Waals surface area contributed by atoms with E-state index >= 15 is 0 Å². The topological polar surface area (TPSA) is 92.9 Å². The molecule has 2 aromatic heterocycles. The van der Waals surface area contributed by atoms with Gasteiger partial charge in [-0.1, -0.05) is 13.8 Å². The van der Waals surface area contributed by atoms with E-state index in [0.717, 1.165) is 16.9 Å². The lowest BCUT2D eigenvalue weighted by molar-refractivity contribution is 0.355. The molecule has 30 heavy (non-hydrogen) atoms. The molecule has 0 amide bonds. The van der Waals surface area contributed by atoms with Gasteiger partial charge in [-0.25, -0.2) is 9.97 Å². The maximum Gasteiger partial charge on any atom is 0.258 e. The van der Waals surface area contributed by atoms with E-state index in [9.17, 15) is 4.79 Å². The van der Waals surface area contributed by atoms with Gasteiger partial charge in [0.1, 0.15) is 11.6 Å². The molecule has 0 aliphatic carbocycles. The Morgan fingerprint density at radius 3 is 2.10 bits per heavy atom. The Hall–Kier alpha value is -3.35. The second-order valence-electron chi connectivity index (χ2n) is 7.97. The highest BCUT2D eigenvalue weighted by Crippen LogP contribution is 2.33. The Bertz CT molecular complexity index is 1260. The number of nitrogens with one attached hydrogen (secondary N) is 2. The van der Waals surface area contributed by atoms with Gasteiger partial charge in [-0.15, -0.1) is 0 Å². The van der Waals surface area contributed by atoms with Gasteiger partial charge in [0.15, 0.2) is 11.5 Å². The third-order valence-electron chi connectivity index (χ3n) is 5.60. The summed E-state index contributed by atoms with van der Waals surface area (Å²) in [5.41, 5.74) is 4.63. The number of aromatic amines is 2. The van der Waals surface area contributed by atoms with Crippen molar-refractivity contribution in [2.24, 2.45) is 5.92 Å². The van der Waals surface area contributed by atoms with E-state index < -0.39 is 0 Å². The zero-order valence-corrected chi connectivity index (χ0v) is 18.1. The number of nitrogens with zero attached hydrogens (tertiary/aromatic N) is 2. The van der Waals surface area contributed by atoms with Gasteiger partial charge in [-0.05, 0) is 49.1 Å². The van der Waals surface area contributed by atoms with Crippen LogP contribution in [0.3, 0.4) is 0 Å². The molecule has 0 fully saturated rings. The molecule has 156 valence electrons. The Balaban J connectivity index is 1.90. The number of hydrogen-bond donors (Lipinski definition) is 2. The SMILES string of the molecule is COc1cc2nc([C@H](c3nc4cc(C)c(C)cc4[nH]3)C(C)C)[nH]c(=O)c2cc1OC. The summed E-state index contributed by atoms with van der Waals surface area (Å²) in [4.78, 5) is 28.9. The van der Waals surface area contributed by atoms with Gasteiger partial charge in [0.05, 0.1) is 42.1 Å². The van der Waals surface area contributed by atoms with E-state index in [4.69, 9.17) is 19.4 Å². The quantitative estimate of drug-likeness (QED) is 0.518. The minimum absolute atomic E-state index is 0.161. The van der Waals surface area contributed by atoms with Crippen LogP contribution in [0.4, 0.5) is 0 Å². The highest BCUT2D eigenvalue weighted by Gasteiger charge is 2.25. The van der Waals surface area contributed by atoms with Gasteiger partial charge in [-0.3, -0.25) is 4.79 Å². The van der Waals surface area contributed by atoms with Crippen LogP contribution >= 0.6 is 0 Å². The van der Waals surface area contributed by atoms with Gasteiger partial charge < -0.3 is 19.4 Å². The molecule has 2 N–H and O–H groups in total. The number of methoxy groups -OCH3 is 2. The molecule has 0 unspecified atom stereocenters. The smallest absolute Gasteiger partial charge is 0.258 e. The largest absolute Gasteiger partial charge is 0.493 e. The monoisotopic (exact) mass is 406 g/mol. The van der Waals surface area contributed by atoms with E-state index in [-0.39, 0.29) is 17.4 Å². The maximum atomic E-state index is 12.9. The van der Waals surface area contributed by atoms with Gasteiger partial charge in [-0.2, -0.15) is 0 Å². The summed E-state index contributed by atoms with van der Waals surface area (Å²) in [6.45, 7) is 8.34. The summed E-state index contributed by atoms with van der Waals surface area (Å²) >= 11 is 0. The fourth-order valence-electron chi connectivity index (χ4n) is 3.83. The van der Waals surface area contributed by atoms with E-state index in [0.29, 0.717) is 28.2 Å². The summed E-state index contributed by atoms with van der Waals surface area (Å²) in [5.74, 6) is 2.35. The fourth-order valence-corrected chi connectivity index (χ4v) is 3.83. The Morgan fingerprint density at radius 2 is 1.43 bits per heavy atom. The second kappa shape index (κ2) is 7.48. The van der Waals surface area contributed by atoms with E-state index in [1.54, 1.807) is 26.4 Å². The minimum atomic E-state index is -0.218. The number of ether oxygens (including phenoxy) is 2. The summed E-state index contributed by atoms with van der Waals surface area (Å²) in [5, 5.41) is 0.453. The van der Waals surface area contributed by atoms with E-state index in [2.05, 4.69) is 49.8 Å². The van der Waals surface area contributed by atoms with Crippen molar-refractivity contribution >= 4 is 21.9 Å². The van der Waals surface area contributed by atoms with Crippen LogP contribution in [0.15, 0.2) is 29.1 Å². The van der Waals surface area contributed by atoms with Crippen molar-refractivity contribution in [1.82, 2.24) is 19.9 Å². The van der Waals surface area contributed by atoms with Crippen molar-refractivity contribution in [1.29, 1.82) is 0 Å². The average Bonchev–Trinajstić information content (AvgIpc) is 3.09. The predicted molar refractivity (Wildman–Crippen MR) is 118 cm³/mol. The number of aromatic nitrogens is 4. The first-order valence-corrected chi connectivity index (χ1v) is 9.95. The van der Waals surface area contributed by atoms with Crippen LogP contribution in [0.1, 0.15) is 42.5 Å². The van der Waals surface area contributed by atoms with Gasteiger partial charge in [0.25, 0.3) is 5.56 Å². The summed E-state index contributed by atoms with van der Waals surface area (Å²) in [6, 6.07) is 7.57. The molecule has 0 aliphatic rings. The number of aryl methyl sites for hydroxylation is 2. The predicted octanol–water partition coefficient (Wildman–Crippen LogP) is 4.22. The molecular weight excluding hydrogens is 380 g/mol. The minimum Gasteiger partial charge on any atom is -0.493 e. The Kier molecular flexibility index (Phi) is 4.97. The number of benzene rings is 2. The molecule has 0 spiro atoms. The molecule has 2 aromatic carbocycles. The van der Waals surface area contributed by atoms with E-state index in [1.807, 2.05) is 0 Å². The lowest BCUT2D eigenvalue weighted by Crippen LogP contribution is -2.20. The average molecular weight is 406 g/mol. The lowest BCUT2D eigenvalue weighted by atomic mass is 9.94. The van der Waals surface area contributed by atoms with Crippen LogP contribution in [0.25, 0.3) is 21.9 Å². The zero-order valence-electron chi connectivity index (χ0n) is 18.1. The molecule has 7 nitrogen and oxygen atoms in total. The standard InChI is InChI=1S/C23H26N4O3/c1-11(2)20(21-25-16-7-12(3)13(4)8-17(16)26-21)22-24-15-10-19(30-6)18(29-5)9-14(15)23(28)27-22/h7-11,20H,1-6H3,(H,25,26)(H,24,27,28)/t20-/m0/s1. The van der Waals surface area contributed by atoms with Crippen LogP contribution in [0, 0.1) is 19.8 Å². The molecule has 0 saturated heterocycles. The number of H-pyrrole nitrogens is 2. The second-order valence-corrected chi connectivity index (χ2v) is 7.97. The molecule has 1 atom stereocenters. The number of imidazole rings is 1. The Morgan fingerprint density at radius 1 is 0.833 bits per heavy atom. The first kappa shape index (κ1) is 19.9. The van der Waals surface area contributed by atoms with Crippen molar-refractivity contribution in [3.05, 3.63) is 57.4 Å². The van der Waals surface area contributed by atoms with Crippen LogP contribution in [0.5, 0.6) is 11.5 Å². The molecule has 0 aliphatic heterocycles. The van der Waals surface area contributed by atoms with Crippen molar-refractivity contribution in [2.45, 2.75) is 33.6 Å². The van der Waals surface area contributed by atoms with Crippen molar-refractivity contribution in [3.63, 3.8) is 0 Å². The van der Waals surface area contributed by atoms with Crippen LogP contribution < -0.4 is 15.0 Å². The molecule has 7 heteroatoms. The highest BCUT2D eigenvalue weighted by molar-refractivity contribution is 5.82. The summed E-state index contributed by atoms with van der Waals surface area (Å²) in [7, 11) is 3.10. The number of fused-ring (bicyclic) bond motifs is 2. The third-order valence-corrected chi connectivity index (χ3v) is 5.60. The zero-order chi connectivity index (χ0) is 21.6. The first-order chi connectivity index (χ1) is 14.3. The molecule has 4 rings (SSSR count). The highest BCUT2D eigenvalue weighted by atomic mass is 16.5. The Labute approximate surface area is 174 Å². The van der Waals surface area contributed by atoms with Crippen LogP contribution in [0.2, 0.25) is 0 Å². The van der Waals surface area contributed by atoms with Gasteiger partial charge >= 0.3 is 0 Å². The van der Waals surface area contributed by atoms with Crippen LogP contribution in [-0.4, -0.2) is 34.2 Å². The van der Waals surface area contributed by atoms with E-state index in [1.165, 1.54) is 11.1 Å². The fraction of sp³-hybridized carbons (Fsp3) is 0.348. The molecule has 0 radical (unpaired) electrons. The molecule has 4 aromatic rings.